The topological polar surface area (TPSA) is 113 Å². The molecular weight excluding hydrogens is 292 g/mol. The molecule has 1 aromatic carbocycles. The maximum atomic E-state index is 11.5. The van der Waals surface area contributed by atoms with Crippen molar-refractivity contribution in [2.45, 2.75) is 5.16 Å². The Morgan fingerprint density at radius 2 is 2.05 bits per heavy atom. The van der Waals surface area contributed by atoms with E-state index in [1.54, 1.807) is 35.9 Å². The smallest absolute Gasteiger partial charge is 0.275 e. The fourth-order valence-corrected chi connectivity index (χ4v) is 2.47. The molecular formula is C13H14N4O3S. The molecule has 0 aliphatic heterocycles. The lowest BCUT2D eigenvalue weighted by Gasteiger charge is -2.14. The Morgan fingerprint density at radius 1 is 1.38 bits per heavy atom. The van der Waals surface area contributed by atoms with Crippen LogP contribution in [0.5, 0.6) is 5.75 Å². The van der Waals surface area contributed by atoms with Gasteiger partial charge in [-0.25, -0.2) is 0 Å². The largest absolute Gasteiger partial charge is 0.497 e. The zero-order valence-corrected chi connectivity index (χ0v) is 12.1. The van der Waals surface area contributed by atoms with Crippen LogP contribution in [0.25, 0.3) is 5.69 Å². The third-order valence-corrected chi connectivity index (χ3v) is 3.56. The van der Waals surface area contributed by atoms with Crippen LogP contribution in [0.15, 0.2) is 40.3 Å². The van der Waals surface area contributed by atoms with E-state index in [1.807, 2.05) is 0 Å². The first-order valence-corrected chi connectivity index (χ1v) is 6.95. The van der Waals surface area contributed by atoms with Crippen LogP contribution >= 0.6 is 11.8 Å². The molecule has 0 radical (unpaired) electrons. The summed E-state index contributed by atoms with van der Waals surface area (Å²) in [5, 5.41) is 0.309. The van der Waals surface area contributed by atoms with Crippen LogP contribution in [-0.2, 0) is 4.79 Å². The zero-order chi connectivity index (χ0) is 15.4. The molecule has 21 heavy (non-hydrogen) atoms. The van der Waals surface area contributed by atoms with Gasteiger partial charge in [0.25, 0.3) is 5.56 Å². The number of aromatic nitrogens is 2. The number of carbonyl (C=O) groups excluding carboxylic acids is 1. The molecule has 7 nitrogen and oxygen atoms in total. The van der Waals surface area contributed by atoms with Gasteiger partial charge in [0, 0.05) is 11.8 Å². The van der Waals surface area contributed by atoms with Crippen molar-refractivity contribution in [3.05, 3.63) is 40.7 Å². The molecule has 0 unspecified atom stereocenters. The van der Waals surface area contributed by atoms with Gasteiger partial charge >= 0.3 is 0 Å². The van der Waals surface area contributed by atoms with E-state index >= 15 is 0 Å². The molecule has 110 valence electrons. The molecule has 1 heterocycles. The van der Waals surface area contributed by atoms with Gasteiger partial charge in [0.15, 0.2) is 5.16 Å². The number of benzene rings is 1. The molecule has 8 heteroatoms. The summed E-state index contributed by atoms with van der Waals surface area (Å²) in [6, 6.07) is 8.29. The van der Waals surface area contributed by atoms with Gasteiger partial charge in [-0.1, -0.05) is 11.8 Å². The minimum atomic E-state index is -0.502. The van der Waals surface area contributed by atoms with Gasteiger partial charge in [-0.05, 0) is 24.3 Å². The highest BCUT2D eigenvalue weighted by Gasteiger charge is 2.11. The van der Waals surface area contributed by atoms with Crippen molar-refractivity contribution in [1.29, 1.82) is 0 Å². The molecule has 2 rings (SSSR count). The first-order chi connectivity index (χ1) is 10.0. The molecule has 0 aliphatic rings. The summed E-state index contributed by atoms with van der Waals surface area (Å²) < 4.78 is 6.67. The van der Waals surface area contributed by atoms with Crippen LogP contribution in [0.3, 0.4) is 0 Å². The van der Waals surface area contributed by atoms with E-state index in [0.717, 1.165) is 11.8 Å². The van der Waals surface area contributed by atoms with Gasteiger partial charge < -0.3 is 16.2 Å². The molecule has 0 fully saturated rings. The second-order valence-corrected chi connectivity index (χ2v) is 5.03. The maximum Gasteiger partial charge on any atom is 0.275 e. The molecule has 0 saturated carbocycles. The van der Waals surface area contributed by atoms with Crippen molar-refractivity contribution in [3.8, 4) is 11.4 Å². The van der Waals surface area contributed by atoms with Crippen LogP contribution in [0.1, 0.15) is 0 Å². The number of carbonyl (C=O) groups is 1. The number of thioether (sulfide) groups is 1. The highest BCUT2D eigenvalue weighted by atomic mass is 32.2. The van der Waals surface area contributed by atoms with Gasteiger partial charge in [-0.2, -0.15) is 4.98 Å². The number of hydrogen-bond donors (Lipinski definition) is 2. The maximum absolute atomic E-state index is 11.5. The number of anilines is 1. The lowest BCUT2D eigenvalue weighted by Crippen LogP contribution is -2.19. The standard InChI is InChI=1S/C13H14N4O3S/c1-20-9-4-2-8(3-5-9)17-10(14)6-12(19)16-13(17)21-7-11(15)18/h2-6H,7,14H2,1H3,(H2,15,18). The van der Waals surface area contributed by atoms with Gasteiger partial charge in [0.05, 0.1) is 12.9 Å². The Bertz CT molecular complexity index is 712. The summed E-state index contributed by atoms with van der Waals surface area (Å²) in [4.78, 5) is 26.3. The second kappa shape index (κ2) is 6.31. The number of primary amides is 1. The van der Waals surface area contributed by atoms with Crippen molar-refractivity contribution in [3.63, 3.8) is 0 Å². The number of ether oxygens (including phenoxy) is 1. The normalized spacial score (nSPS) is 10.3. The zero-order valence-electron chi connectivity index (χ0n) is 11.3. The van der Waals surface area contributed by atoms with Gasteiger partial charge in [-0.3, -0.25) is 14.2 Å². The summed E-state index contributed by atoms with van der Waals surface area (Å²) >= 11 is 1.05. The molecule has 0 aliphatic carbocycles. The highest BCUT2D eigenvalue weighted by Crippen LogP contribution is 2.23. The lowest BCUT2D eigenvalue weighted by atomic mass is 10.3. The Morgan fingerprint density at radius 3 is 2.62 bits per heavy atom. The van der Waals surface area contributed by atoms with Crippen LogP contribution < -0.4 is 21.8 Å². The SMILES string of the molecule is COc1ccc(-n2c(N)cc(=O)nc2SCC(N)=O)cc1. The van der Waals surface area contributed by atoms with Crippen LogP contribution in [0, 0.1) is 0 Å². The fourth-order valence-electron chi connectivity index (χ4n) is 1.70. The first-order valence-electron chi connectivity index (χ1n) is 5.96. The number of amides is 1. The average Bonchev–Trinajstić information content (AvgIpc) is 2.45. The minimum absolute atomic E-state index is 0.00600. The van der Waals surface area contributed by atoms with E-state index in [-0.39, 0.29) is 11.6 Å². The summed E-state index contributed by atoms with van der Waals surface area (Å²) in [6.07, 6.45) is 0. The summed E-state index contributed by atoms with van der Waals surface area (Å²) in [7, 11) is 1.57. The van der Waals surface area contributed by atoms with Crippen molar-refractivity contribution in [2.75, 3.05) is 18.6 Å². The Balaban J connectivity index is 2.49. The first kappa shape index (κ1) is 14.9. The predicted molar refractivity (Wildman–Crippen MR) is 80.7 cm³/mol. The molecule has 2 aromatic rings. The average molecular weight is 306 g/mol. The van der Waals surface area contributed by atoms with E-state index in [1.165, 1.54) is 6.07 Å². The van der Waals surface area contributed by atoms with Crippen molar-refractivity contribution in [2.24, 2.45) is 5.73 Å². The molecule has 0 saturated heterocycles. The van der Waals surface area contributed by atoms with E-state index in [2.05, 4.69) is 4.98 Å². The van der Waals surface area contributed by atoms with Gasteiger partial charge in [-0.15, -0.1) is 0 Å². The molecule has 0 atom stereocenters. The second-order valence-electron chi connectivity index (χ2n) is 4.09. The van der Waals surface area contributed by atoms with Crippen molar-refractivity contribution in [1.82, 2.24) is 9.55 Å². The number of nitrogens with zero attached hydrogens (tertiary/aromatic N) is 2. The van der Waals surface area contributed by atoms with Gasteiger partial charge in [0.2, 0.25) is 5.91 Å². The Hall–Kier alpha value is -2.48. The molecule has 0 bridgehead atoms. The highest BCUT2D eigenvalue weighted by molar-refractivity contribution is 7.99. The van der Waals surface area contributed by atoms with E-state index < -0.39 is 11.5 Å². The van der Waals surface area contributed by atoms with E-state index in [9.17, 15) is 9.59 Å². The Labute approximate surface area is 124 Å². The molecule has 4 N–H and O–H groups in total. The number of methoxy groups -OCH3 is 1. The van der Waals surface area contributed by atoms with E-state index in [4.69, 9.17) is 16.2 Å². The number of nitrogens with two attached hydrogens (primary N) is 2. The number of hydrogen-bond acceptors (Lipinski definition) is 6. The third kappa shape index (κ3) is 3.54. The van der Waals surface area contributed by atoms with Crippen LogP contribution in [0.2, 0.25) is 0 Å². The summed E-state index contributed by atoms with van der Waals surface area (Å²) in [5.41, 5.74) is 11.2. The molecule has 1 amide bonds. The molecule has 0 spiro atoms. The predicted octanol–water partition coefficient (Wildman–Crippen LogP) is 0.401. The number of nitrogen functional groups attached to an aromatic ring is 1. The van der Waals surface area contributed by atoms with Crippen molar-refractivity contribution < 1.29 is 9.53 Å². The number of rotatable bonds is 5. The lowest BCUT2D eigenvalue weighted by molar-refractivity contribution is -0.115. The third-order valence-electron chi connectivity index (χ3n) is 2.60. The van der Waals surface area contributed by atoms with Crippen LogP contribution in [0.4, 0.5) is 5.82 Å². The monoisotopic (exact) mass is 306 g/mol. The van der Waals surface area contributed by atoms with Gasteiger partial charge in [0.1, 0.15) is 11.6 Å². The quantitative estimate of drug-likeness (QED) is 0.610. The Kier molecular flexibility index (Phi) is 4.49. The molecule has 1 aromatic heterocycles. The summed E-state index contributed by atoms with van der Waals surface area (Å²) in [6.45, 7) is 0. The van der Waals surface area contributed by atoms with Crippen molar-refractivity contribution >= 4 is 23.5 Å². The van der Waals surface area contributed by atoms with Crippen LogP contribution in [-0.4, -0.2) is 28.3 Å². The van der Waals surface area contributed by atoms with E-state index in [0.29, 0.717) is 16.6 Å². The minimum Gasteiger partial charge on any atom is -0.497 e. The summed E-state index contributed by atoms with van der Waals surface area (Å²) in [5.74, 6) is 0.425. The fraction of sp³-hybridized carbons (Fsp3) is 0.154.